The molecule has 1 aromatic carbocycles. The van der Waals surface area contributed by atoms with Gasteiger partial charge in [-0.05, 0) is 31.0 Å². The van der Waals surface area contributed by atoms with Crippen LogP contribution in [-0.4, -0.2) is 15.8 Å². The Morgan fingerprint density at radius 2 is 1.75 bits per heavy atom. The van der Waals surface area contributed by atoms with Crippen molar-refractivity contribution in [2.75, 3.05) is 0 Å². The smallest absolute Gasteiger partial charge is 0.0766 e. The number of benzene rings is 1. The van der Waals surface area contributed by atoms with Crippen LogP contribution >= 0.6 is 0 Å². The van der Waals surface area contributed by atoms with E-state index in [-0.39, 0.29) is 0 Å². The first kappa shape index (κ1) is 13.4. The lowest BCUT2D eigenvalue weighted by atomic mass is 10.1. The summed E-state index contributed by atoms with van der Waals surface area (Å²) in [7, 11) is 0. The summed E-state index contributed by atoms with van der Waals surface area (Å²) in [6.07, 6.45) is 10.2. The van der Waals surface area contributed by atoms with Crippen LogP contribution in [0, 0.1) is 0 Å². The third-order valence-electron chi connectivity index (χ3n) is 4.09. The molecule has 1 aromatic heterocycles. The normalized spacial score (nSPS) is 17.0. The molecular weight excluding hydrogens is 246 g/mol. The third kappa shape index (κ3) is 3.48. The van der Waals surface area contributed by atoms with Gasteiger partial charge in [-0.1, -0.05) is 43.9 Å². The van der Waals surface area contributed by atoms with Gasteiger partial charge in [0.1, 0.15) is 0 Å². The standard InChI is InChI=1S/C17H23N3/c1-2-5-9-15(8-4-1)18-14-16-12-13-20(19-16)17-10-6-3-7-11-17/h3,6-7,10-13,15,18H,1-2,4-5,8-9,14H2. The lowest BCUT2D eigenvalue weighted by Gasteiger charge is -2.14. The van der Waals surface area contributed by atoms with Gasteiger partial charge in [0.15, 0.2) is 0 Å². The second kappa shape index (κ2) is 6.71. The maximum Gasteiger partial charge on any atom is 0.0766 e. The molecule has 0 saturated heterocycles. The summed E-state index contributed by atoms with van der Waals surface area (Å²) in [6.45, 7) is 0.879. The Morgan fingerprint density at radius 3 is 2.50 bits per heavy atom. The van der Waals surface area contributed by atoms with Crippen molar-refractivity contribution in [3.05, 3.63) is 48.3 Å². The topological polar surface area (TPSA) is 29.9 Å². The van der Waals surface area contributed by atoms with E-state index in [4.69, 9.17) is 0 Å². The second-order valence-corrected chi connectivity index (χ2v) is 5.66. The van der Waals surface area contributed by atoms with Gasteiger partial charge >= 0.3 is 0 Å². The van der Waals surface area contributed by atoms with E-state index in [1.807, 2.05) is 29.1 Å². The van der Waals surface area contributed by atoms with Gasteiger partial charge < -0.3 is 5.32 Å². The van der Waals surface area contributed by atoms with Gasteiger partial charge in [0, 0.05) is 18.8 Å². The number of nitrogens with one attached hydrogen (secondary N) is 1. The van der Waals surface area contributed by atoms with Gasteiger partial charge in [0.25, 0.3) is 0 Å². The van der Waals surface area contributed by atoms with E-state index < -0.39 is 0 Å². The maximum atomic E-state index is 4.64. The molecule has 20 heavy (non-hydrogen) atoms. The van der Waals surface area contributed by atoms with E-state index >= 15 is 0 Å². The fourth-order valence-corrected chi connectivity index (χ4v) is 2.91. The number of aromatic nitrogens is 2. The van der Waals surface area contributed by atoms with E-state index in [1.165, 1.54) is 38.5 Å². The molecule has 106 valence electrons. The summed E-state index contributed by atoms with van der Waals surface area (Å²) in [5.41, 5.74) is 2.24. The summed E-state index contributed by atoms with van der Waals surface area (Å²) in [6, 6.07) is 13.1. The quantitative estimate of drug-likeness (QED) is 0.858. The van der Waals surface area contributed by atoms with Gasteiger partial charge in [0.05, 0.1) is 11.4 Å². The zero-order chi connectivity index (χ0) is 13.6. The predicted octanol–water partition coefficient (Wildman–Crippen LogP) is 3.68. The lowest BCUT2D eigenvalue weighted by molar-refractivity contribution is 0.455. The van der Waals surface area contributed by atoms with Crippen molar-refractivity contribution >= 4 is 0 Å². The SMILES string of the molecule is c1ccc(-n2ccc(CNC3CCCCCC3)n2)cc1. The summed E-state index contributed by atoms with van der Waals surface area (Å²) in [5.74, 6) is 0. The highest BCUT2D eigenvalue weighted by Gasteiger charge is 2.11. The molecule has 1 saturated carbocycles. The maximum absolute atomic E-state index is 4.64. The molecule has 3 rings (SSSR count). The Kier molecular flexibility index (Phi) is 4.49. The molecule has 0 unspecified atom stereocenters. The van der Waals surface area contributed by atoms with Crippen molar-refractivity contribution in [1.29, 1.82) is 0 Å². The van der Waals surface area contributed by atoms with Crippen molar-refractivity contribution in [2.24, 2.45) is 0 Å². The molecule has 1 aliphatic rings. The number of nitrogens with zero attached hydrogens (tertiary/aromatic N) is 2. The van der Waals surface area contributed by atoms with Crippen LogP contribution < -0.4 is 5.32 Å². The van der Waals surface area contributed by atoms with Crippen LogP contribution in [0.5, 0.6) is 0 Å². The molecule has 0 atom stereocenters. The van der Waals surface area contributed by atoms with Crippen molar-refractivity contribution in [2.45, 2.75) is 51.1 Å². The first-order valence-corrected chi connectivity index (χ1v) is 7.75. The van der Waals surface area contributed by atoms with Crippen molar-refractivity contribution in [3.63, 3.8) is 0 Å². The molecule has 0 radical (unpaired) electrons. The van der Waals surface area contributed by atoms with Gasteiger partial charge in [0.2, 0.25) is 0 Å². The minimum atomic E-state index is 0.680. The van der Waals surface area contributed by atoms with Gasteiger partial charge in [-0.15, -0.1) is 0 Å². The number of para-hydroxylation sites is 1. The molecule has 1 heterocycles. The van der Waals surface area contributed by atoms with Crippen LogP contribution in [0.1, 0.15) is 44.2 Å². The average molecular weight is 269 g/mol. The van der Waals surface area contributed by atoms with Crippen LogP contribution in [-0.2, 0) is 6.54 Å². The first-order chi connectivity index (χ1) is 9.92. The van der Waals surface area contributed by atoms with E-state index in [9.17, 15) is 0 Å². The van der Waals surface area contributed by atoms with Crippen LogP contribution in [0.25, 0.3) is 5.69 Å². The number of hydrogen-bond donors (Lipinski definition) is 1. The van der Waals surface area contributed by atoms with Crippen LogP contribution in [0.3, 0.4) is 0 Å². The summed E-state index contributed by atoms with van der Waals surface area (Å²) >= 11 is 0. The van der Waals surface area contributed by atoms with Crippen molar-refractivity contribution in [1.82, 2.24) is 15.1 Å². The zero-order valence-corrected chi connectivity index (χ0v) is 12.0. The minimum Gasteiger partial charge on any atom is -0.308 e. The summed E-state index contributed by atoms with van der Waals surface area (Å²) < 4.78 is 1.95. The molecule has 3 heteroatoms. The summed E-state index contributed by atoms with van der Waals surface area (Å²) in [4.78, 5) is 0. The zero-order valence-electron chi connectivity index (χ0n) is 12.0. The largest absolute Gasteiger partial charge is 0.308 e. The third-order valence-corrected chi connectivity index (χ3v) is 4.09. The molecular formula is C17H23N3. The van der Waals surface area contributed by atoms with Crippen molar-refractivity contribution < 1.29 is 0 Å². The molecule has 3 nitrogen and oxygen atoms in total. The molecule has 0 bridgehead atoms. The Morgan fingerprint density at radius 1 is 1.00 bits per heavy atom. The lowest BCUT2D eigenvalue weighted by Crippen LogP contribution is -2.28. The molecule has 0 amide bonds. The highest BCUT2D eigenvalue weighted by Crippen LogP contribution is 2.17. The second-order valence-electron chi connectivity index (χ2n) is 5.66. The minimum absolute atomic E-state index is 0.680. The number of rotatable bonds is 4. The van der Waals surface area contributed by atoms with E-state index in [0.717, 1.165) is 17.9 Å². The van der Waals surface area contributed by atoms with Crippen LogP contribution in [0.4, 0.5) is 0 Å². The Balaban J connectivity index is 1.57. The fourth-order valence-electron chi connectivity index (χ4n) is 2.91. The highest BCUT2D eigenvalue weighted by molar-refractivity contribution is 5.30. The number of hydrogen-bond acceptors (Lipinski definition) is 2. The van der Waals surface area contributed by atoms with E-state index in [1.54, 1.807) is 0 Å². The molecule has 2 aromatic rings. The first-order valence-electron chi connectivity index (χ1n) is 7.75. The molecule has 1 aliphatic carbocycles. The van der Waals surface area contributed by atoms with E-state index in [0.29, 0.717) is 6.04 Å². The Hall–Kier alpha value is -1.61. The van der Waals surface area contributed by atoms with Crippen LogP contribution in [0.2, 0.25) is 0 Å². The Bertz CT molecular complexity index is 510. The molecule has 1 fully saturated rings. The van der Waals surface area contributed by atoms with Gasteiger partial charge in [-0.25, -0.2) is 4.68 Å². The predicted molar refractivity (Wildman–Crippen MR) is 81.9 cm³/mol. The van der Waals surface area contributed by atoms with Crippen molar-refractivity contribution in [3.8, 4) is 5.69 Å². The Labute approximate surface area is 121 Å². The highest BCUT2D eigenvalue weighted by atomic mass is 15.3. The molecule has 0 aliphatic heterocycles. The van der Waals surface area contributed by atoms with Gasteiger partial charge in [-0.3, -0.25) is 0 Å². The average Bonchev–Trinajstić information content (AvgIpc) is 2.82. The monoisotopic (exact) mass is 269 g/mol. The molecule has 0 spiro atoms. The summed E-state index contributed by atoms with van der Waals surface area (Å²) in [5, 5.41) is 8.31. The van der Waals surface area contributed by atoms with E-state index in [2.05, 4.69) is 28.6 Å². The molecule has 1 N–H and O–H groups in total. The van der Waals surface area contributed by atoms with Crippen LogP contribution in [0.15, 0.2) is 42.6 Å². The van der Waals surface area contributed by atoms with Gasteiger partial charge in [-0.2, -0.15) is 5.10 Å². The fraction of sp³-hybridized carbons (Fsp3) is 0.471.